The van der Waals surface area contributed by atoms with Gasteiger partial charge >= 0.3 is 11.3 Å². The van der Waals surface area contributed by atoms with Crippen molar-refractivity contribution >= 4 is 33.3 Å². The van der Waals surface area contributed by atoms with Crippen LogP contribution < -0.4 is 16.0 Å². The summed E-state index contributed by atoms with van der Waals surface area (Å²) >= 11 is 0. The van der Waals surface area contributed by atoms with E-state index in [9.17, 15) is 24.9 Å². The van der Waals surface area contributed by atoms with Crippen LogP contribution in [-0.2, 0) is 0 Å². The summed E-state index contributed by atoms with van der Waals surface area (Å²) in [5, 5.41) is 42.6. The first kappa shape index (κ1) is 26.3. The van der Waals surface area contributed by atoms with Gasteiger partial charge in [0.25, 0.3) is 0 Å². The van der Waals surface area contributed by atoms with E-state index < -0.39 is 28.7 Å². The average molecular weight is 563 g/mol. The van der Waals surface area contributed by atoms with Crippen molar-refractivity contribution in [3.05, 3.63) is 129 Å². The molecule has 0 aliphatic heterocycles. The highest BCUT2D eigenvalue weighted by molar-refractivity contribution is 5.87. The molecule has 2 heterocycles. The second kappa shape index (κ2) is 10.6. The molecule has 42 heavy (non-hydrogen) atoms. The molecular weight excluding hydrogens is 540 g/mol. The van der Waals surface area contributed by atoms with Gasteiger partial charge in [-0.2, -0.15) is 10.2 Å². The Morgan fingerprint density at radius 3 is 1.71 bits per heavy atom. The van der Waals surface area contributed by atoms with Gasteiger partial charge < -0.3 is 28.9 Å². The molecule has 6 aromatic rings. The van der Waals surface area contributed by atoms with Crippen molar-refractivity contribution in [1.29, 1.82) is 0 Å². The first-order valence-electron chi connectivity index (χ1n) is 12.7. The van der Waals surface area contributed by atoms with Gasteiger partial charge in [-0.05, 0) is 66.7 Å². The molecular formula is C32H22N2O8. The second-order valence-electron chi connectivity index (χ2n) is 9.37. The topological polar surface area (TPSA) is 155 Å². The zero-order valence-electron chi connectivity index (χ0n) is 22.0. The molecule has 3 N–H and O–H groups in total. The van der Waals surface area contributed by atoms with Crippen molar-refractivity contribution in [3.63, 3.8) is 0 Å². The predicted octanol–water partition coefficient (Wildman–Crippen LogP) is 6.62. The number of aromatic hydroxyl groups is 3. The predicted molar refractivity (Wildman–Crippen MR) is 155 cm³/mol. The maximum atomic E-state index is 13.4. The van der Waals surface area contributed by atoms with Crippen LogP contribution in [0.2, 0.25) is 0 Å². The summed E-state index contributed by atoms with van der Waals surface area (Å²) in [7, 11) is 1.55. The Morgan fingerprint density at radius 2 is 1.17 bits per heavy atom. The molecule has 0 fully saturated rings. The summed E-state index contributed by atoms with van der Waals surface area (Å²) in [6, 6.07) is 23.7. The molecule has 0 saturated heterocycles. The number of benzene rings is 4. The zero-order chi connectivity index (χ0) is 29.4. The number of nitrogens with zero attached hydrogens (tertiary/aromatic N) is 2. The van der Waals surface area contributed by atoms with Crippen LogP contribution in [0.1, 0.15) is 22.6 Å². The molecule has 0 atom stereocenters. The molecule has 208 valence electrons. The van der Waals surface area contributed by atoms with E-state index in [1.807, 2.05) is 0 Å². The molecule has 0 radical (unpaired) electrons. The van der Waals surface area contributed by atoms with Crippen molar-refractivity contribution in [2.24, 2.45) is 10.2 Å². The molecule has 0 amide bonds. The van der Waals surface area contributed by atoms with Crippen LogP contribution in [0.25, 0.3) is 21.9 Å². The van der Waals surface area contributed by atoms with Crippen LogP contribution in [0.3, 0.4) is 0 Å². The standard InChI is InChI=1S/C32H22N2O8/c1-40-19-13-10-17(11-14-19)33-34-18-12-15-23(35)22(16-18)26(27-29(36)20-6-2-4-8-24(20)41-31(27)38)28-30(37)21-7-3-5-9-25(21)42-32(28)39/h2-16,26,35-37H,1H3. The van der Waals surface area contributed by atoms with Crippen LogP contribution >= 0.6 is 0 Å². The molecule has 0 saturated carbocycles. The molecule has 0 aliphatic carbocycles. The van der Waals surface area contributed by atoms with Gasteiger partial charge in [0.15, 0.2) is 0 Å². The third kappa shape index (κ3) is 4.60. The van der Waals surface area contributed by atoms with Gasteiger partial charge in [0.05, 0.1) is 46.3 Å². The van der Waals surface area contributed by atoms with E-state index in [4.69, 9.17) is 13.6 Å². The highest BCUT2D eigenvalue weighted by atomic mass is 16.5. The molecule has 10 heteroatoms. The average Bonchev–Trinajstić information content (AvgIpc) is 3.00. The third-order valence-electron chi connectivity index (χ3n) is 6.89. The fourth-order valence-electron chi connectivity index (χ4n) is 4.86. The Hall–Kier alpha value is -5.90. The number of hydrogen-bond acceptors (Lipinski definition) is 10. The van der Waals surface area contributed by atoms with Crippen LogP contribution in [-0.4, -0.2) is 22.4 Å². The number of fused-ring (bicyclic) bond motifs is 2. The fraction of sp³-hybridized carbons (Fsp3) is 0.0625. The second-order valence-corrected chi connectivity index (χ2v) is 9.37. The maximum absolute atomic E-state index is 13.4. The lowest BCUT2D eigenvalue weighted by atomic mass is 9.84. The number of ether oxygens (including phenoxy) is 1. The molecule has 6 rings (SSSR count). The van der Waals surface area contributed by atoms with Crippen LogP contribution in [0.5, 0.6) is 23.0 Å². The van der Waals surface area contributed by atoms with Crippen molar-refractivity contribution in [2.75, 3.05) is 7.11 Å². The van der Waals surface area contributed by atoms with Gasteiger partial charge in [-0.25, -0.2) is 9.59 Å². The Balaban J connectivity index is 1.61. The van der Waals surface area contributed by atoms with E-state index in [1.54, 1.807) is 55.6 Å². The number of azo groups is 1. The lowest BCUT2D eigenvalue weighted by molar-refractivity contribution is 0.415. The summed E-state index contributed by atoms with van der Waals surface area (Å²) in [6.07, 6.45) is 0. The summed E-state index contributed by atoms with van der Waals surface area (Å²) in [5.41, 5.74) is -1.76. The highest BCUT2D eigenvalue weighted by Gasteiger charge is 2.34. The van der Waals surface area contributed by atoms with Crippen LogP contribution in [0, 0.1) is 0 Å². The minimum Gasteiger partial charge on any atom is -0.508 e. The minimum absolute atomic E-state index is 0.0306. The van der Waals surface area contributed by atoms with Crippen molar-refractivity contribution in [1.82, 2.24) is 0 Å². The lowest BCUT2D eigenvalue weighted by Gasteiger charge is -2.20. The quantitative estimate of drug-likeness (QED) is 0.151. The van der Waals surface area contributed by atoms with Crippen molar-refractivity contribution < 1.29 is 28.9 Å². The largest absolute Gasteiger partial charge is 0.508 e. The Labute approximate surface area is 237 Å². The molecule has 2 aromatic heterocycles. The Bertz CT molecular complexity index is 2010. The van der Waals surface area contributed by atoms with E-state index in [0.29, 0.717) is 11.4 Å². The zero-order valence-corrected chi connectivity index (χ0v) is 22.0. The van der Waals surface area contributed by atoms with Gasteiger partial charge in [0.1, 0.15) is 34.2 Å². The number of phenols is 1. The summed E-state index contributed by atoms with van der Waals surface area (Å²) < 4.78 is 16.1. The number of methoxy groups -OCH3 is 1. The van der Waals surface area contributed by atoms with Gasteiger partial charge in [-0.15, -0.1) is 0 Å². The fourth-order valence-corrected chi connectivity index (χ4v) is 4.86. The van der Waals surface area contributed by atoms with Gasteiger partial charge in [0, 0.05) is 5.56 Å². The molecule has 0 unspecified atom stereocenters. The van der Waals surface area contributed by atoms with Crippen LogP contribution in [0.4, 0.5) is 11.4 Å². The van der Waals surface area contributed by atoms with E-state index in [1.165, 1.54) is 42.5 Å². The summed E-state index contributed by atoms with van der Waals surface area (Å²) in [6.45, 7) is 0. The van der Waals surface area contributed by atoms with E-state index >= 15 is 0 Å². The first-order chi connectivity index (χ1) is 20.4. The SMILES string of the molecule is COc1ccc(N=Nc2ccc(O)c(C(c3c(O)c4ccccc4oc3=O)c3c(O)c4ccccc4oc3=O)c2)cc1. The monoisotopic (exact) mass is 562 g/mol. The molecule has 0 spiro atoms. The van der Waals surface area contributed by atoms with Crippen molar-refractivity contribution in [2.45, 2.75) is 5.92 Å². The molecule has 4 aromatic carbocycles. The van der Waals surface area contributed by atoms with Gasteiger partial charge in [-0.3, -0.25) is 0 Å². The minimum atomic E-state index is -1.53. The summed E-state index contributed by atoms with van der Waals surface area (Å²) in [5.74, 6) is -2.19. The number of rotatable bonds is 6. The number of hydrogen-bond donors (Lipinski definition) is 3. The van der Waals surface area contributed by atoms with Crippen LogP contribution in [0.15, 0.2) is 120 Å². The van der Waals surface area contributed by atoms with E-state index in [-0.39, 0.29) is 50.1 Å². The van der Waals surface area contributed by atoms with E-state index in [2.05, 4.69) is 10.2 Å². The number of phenolic OH excluding ortho intramolecular Hbond substituents is 1. The first-order valence-corrected chi connectivity index (χ1v) is 12.7. The smallest absolute Gasteiger partial charge is 0.344 e. The Morgan fingerprint density at radius 1 is 0.667 bits per heavy atom. The molecule has 0 bridgehead atoms. The Kier molecular flexibility index (Phi) is 6.63. The normalized spacial score (nSPS) is 11.6. The number of para-hydroxylation sites is 2. The van der Waals surface area contributed by atoms with Gasteiger partial charge in [-0.1, -0.05) is 24.3 Å². The van der Waals surface area contributed by atoms with Gasteiger partial charge in [0.2, 0.25) is 0 Å². The molecule has 10 nitrogen and oxygen atoms in total. The maximum Gasteiger partial charge on any atom is 0.344 e. The lowest BCUT2D eigenvalue weighted by Crippen LogP contribution is -2.21. The molecule has 0 aliphatic rings. The third-order valence-corrected chi connectivity index (χ3v) is 6.89. The summed E-state index contributed by atoms with van der Waals surface area (Å²) in [4.78, 5) is 26.8. The van der Waals surface area contributed by atoms with Crippen molar-refractivity contribution in [3.8, 4) is 23.0 Å². The highest BCUT2D eigenvalue weighted by Crippen LogP contribution is 2.45. The van der Waals surface area contributed by atoms with E-state index in [0.717, 1.165) is 0 Å².